The lowest BCUT2D eigenvalue weighted by atomic mass is 10.3. The SMILES string of the molecule is Cc1cc(NCCCn2ccnc2)nc(-c2ccccn2)n1. The third-order valence-electron chi connectivity index (χ3n) is 3.21. The molecule has 6 heteroatoms. The number of aromatic nitrogens is 5. The Kier molecular flexibility index (Phi) is 4.38. The van der Waals surface area contributed by atoms with Crippen LogP contribution in [0.4, 0.5) is 5.82 Å². The van der Waals surface area contributed by atoms with Gasteiger partial charge in [0.05, 0.1) is 6.33 Å². The summed E-state index contributed by atoms with van der Waals surface area (Å²) in [7, 11) is 0. The van der Waals surface area contributed by atoms with Crippen LogP contribution in [0.2, 0.25) is 0 Å². The van der Waals surface area contributed by atoms with E-state index in [4.69, 9.17) is 0 Å². The second-order valence-corrected chi connectivity index (χ2v) is 5.01. The number of hydrogen-bond donors (Lipinski definition) is 1. The van der Waals surface area contributed by atoms with Gasteiger partial charge in [-0.25, -0.2) is 15.0 Å². The molecule has 22 heavy (non-hydrogen) atoms. The smallest absolute Gasteiger partial charge is 0.180 e. The Hall–Kier alpha value is -2.76. The zero-order valence-electron chi connectivity index (χ0n) is 12.5. The van der Waals surface area contributed by atoms with Crippen molar-refractivity contribution >= 4 is 5.82 Å². The largest absolute Gasteiger partial charge is 0.370 e. The van der Waals surface area contributed by atoms with Crippen LogP contribution in [-0.4, -0.2) is 31.0 Å². The molecular weight excluding hydrogens is 276 g/mol. The molecule has 1 N–H and O–H groups in total. The fraction of sp³-hybridized carbons (Fsp3) is 0.250. The molecule has 0 aromatic carbocycles. The van der Waals surface area contributed by atoms with Crippen molar-refractivity contribution in [2.75, 3.05) is 11.9 Å². The molecule has 0 spiro atoms. The molecular formula is C16H18N6. The van der Waals surface area contributed by atoms with E-state index in [1.807, 2.05) is 43.7 Å². The van der Waals surface area contributed by atoms with E-state index >= 15 is 0 Å². The summed E-state index contributed by atoms with van der Waals surface area (Å²) in [5.41, 5.74) is 1.71. The Labute approximate surface area is 129 Å². The van der Waals surface area contributed by atoms with Crippen molar-refractivity contribution < 1.29 is 0 Å². The Bertz CT molecular complexity index is 709. The van der Waals surface area contributed by atoms with Gasteiger partial charge in [-0.05, 0) is 25.5 Å². The van der Waals surface area contributed by atoms with Crippen LogP contribution in [0.1, 0.15) is 12.1 Å². The van der Waals surface area contributed by atoms with Crippen molar-refractivity contribution in [3.8, 4) is 11.5 Å². The van der Waals surface area contributed by atoms with Gasteiger partial charge < -0.3 is 9.88 Å². The second-order valence-electron chi connectivity index (χ2n) is 5.01. The molecule has 3 rings (SSSR count). The van der Waals surface area contributed by atoms with Crippen LogP contribution < -0.4 is 5.32 Å². The second kappa shape index (κ2) is 6.80. The number of imidazole rings is 1. The van der Waals surface area contributed by atoms with Crippen LogP contribution in [0, 0.1) is 6.92 Å². The number of pyridine rings is 1. The summed E-state index contributed by atoms with van der Waals surface area (Å²) in [6.07, 6.45) is 8.33. The Morgan fingerprint density at radius 2 is 2.14 bits per heavy atom. The van der Waals surface area contributed by atoms with E-state index in [-0.39, 0.29) is 0 Å². The predicted octanol–water partition coefficient (Wildman–Crippen LogP) is 2.55. The quantitative estimate of drug-likeness (QED) is 0.708. The molecule has 3 aromatic heterocycles. The zero-order valence-corrected chi connectivity index (χ0v) is 12.5. The summed E-state index contributed by atoms with van der Waals surface area (Å²) in [6, 6.07) is 7.68. The Balaban J connectivity index is 1.63. The van der Waals surface area contributed by atoms with Gasteiger partial charge in [0.15, 0.2) is 5.82 Å². The van der Waals surface area contributed by atoms with Crippen LogP contribution in [0.5, 0.6) is 0 Å². The van der Waals surface area contributed by atoms with Crippen molar-refractivity contribution in [2.24, 2.45) is 0 Å². The van der Waals surface area contributed by atoms with Gasteiger partial charge >= 0.3 is 0 Å². The maximum Gasteiger partial charge on any atom is 0.180 e. The molecule has 0 aliphatic carbocycles. The highest BCUT2D eigenvalue weighted by Crippen LogP contribution is 2.15. The fourth-order valence-electron chi connectivity index (χ4n) is 2.17. The third-order valence-corrected chi connectivity index (χ3v) is 3.21. The van der Waals surface area contributed by atoms with E-state index in [0.29, 0.717) is 5.82 Å². The fourth-order valence-corrected chi connectivity index (χ4v) is 2.17. The Morgan fingerprint density at radius 3 is 2.91 bits per heavy atom. The molecule has 0 amide bonds. The summed E-state index contributed by atoms with van der Waals surface area (Å²) < 4.78 is 2.06. The van der Waals surface area contributed by atoms with Crippen molar-refractivity contribution in [2.45, 2.75) is 19.9 Å². The van der Waals surface area contributed by atoms with Gasteiger partial charge in [-0.2, -0.15) is 0 Å². The van der Waals surface area contributed by atoms with E-state index in [1.165, 1.54) is 0 Å². The van der Waals surface area contributed by atoms with Crippen LogP contribution in [-0.2, 0) is 6.54 Å². The minimum absolute atomic E-state index is 0.651. The lowest BCUT2D eigenvalue weighted by Gasteiger charge is -2.08. The highest BCUT2D eigenvalue weighted by molar-refractivity contribution is 5.52. The molecule has 3 aromatic rings. The van der Waals surface area contributed by atoms with Crippen molar-refractivity contribution in [1.29, 1.82) is 0 Å². The average Bonchev–Trinajstić information content (AvgIpc) is 3.05. The summed E-state index contributed by atoms with van der Waals surface area (Å²) in [6.45, 7) is 3.74. The first-order chi connectivity index (χ1) is 10.8. The molecule has 0 unspecified atom stereocenters. The normalized spacial score (nSPS) is 10.6. The highest BCUT2D eigenvalue weighted by atomic mass is 15.1. The van der Waals surface area contributed by atoms with Gasteiger partial charge in [0, 0.05) is 43.4 Å². The van der Waals surface area contributed by atoms with E-state index in [0.717, 1.165) is 36.7 Å². The standard InChI is InChI=1S/C16H18N6/c1-13-11-15(19-7-4-9-22-10-8-17-12-22)21-16(20-13)14-5-2-3-6-18-14/h2-3,5-6,8,10-12H,4,7,9H2,1H3,(H,19,20,21). The van der Waals surface area contributed by atoms with Gasteiger partial charge in [0.1, 0.15) is 11.5 Å². The maximum atomic E-state index is 4.53. The first-order valence-corrected chi connectivity index (χ1v) is 7.28. The minimum atomic E-state index is 0.651. The summed E-state index contributed by atoms with van der Waals surface area (Å²) in [4.78, 5) is 17.3. The van der Waals surface area contributed by atoms with Crippen LogP contribution in [0.15, 0.2) is 49.2 Å². The lowest BCUT2D eigenvalue weighted by Crippen LogP contribution is -2.08. The van der Waals surface area contributed by atoms with Crippen LogP contribution in [0.3, 0.4) is 0 Å². The van der Waals surface area contributed by atoms with Crippen LogP contribution in [0.25, 0.3) is 11.5 Å². The monoisotopic (exact) mass is 294 g/mol. The zero-order chi connectivity index (χ0) is 15.2. The molecule has 6 nitrogen and oxygen atoms in total. The molecule has 0 fully saturated rings. The molecule has 0 atom stereocenters. The minimum Gasteiger partial charge on any atom is -0.370 e. The molecule has 0 radical (unpaired) electrons. The lowest BCUT2D eigenvalue weighted by molar-refractivity contribution is 0.660. The highest BCUT2D eigenvalue weighted by Gasteiger charge is 2.05. The molecule has 0 aliphatic rings. The number of rotatable bonds is 6. The first kappa shape index (κ1) is 14.2. The van der Waals surface area contributed by atoms with Gasteiger partial charge in [0.2, 0.25) is 0 Å². The first-order valence-electron chi connectivity index (χ1n) is 7.28. The average molecular weight is 294 g/mol. The Morgan fingerprint density at radius 1 is 1.18 bits per heavy atom. The molecule has 112 valence electrons. The third kappa shape index (κ3) is 3.66. The number of anilines is 1. The van der Waals surface area contributed by atoms with E-state index in [9.17, 15) is 0 Å². The summed E-state index contributed by atoms with van der Waals surface area (Å²) in [5.74, 6) is 1.48. The molecule has 0 bridgehead atoms. The maximum absolute atomic E-state index is 4.53. The van der Waals surface area contributed by atoms with Crippen LogP contribution >= 0.6 is 0 Å². The number of hydrogen-bond acceptors (Lipinski definition) is 5. The van der Waals surface area contributed by atoms with Gasteiger partial charge in [-0.3, -0.25) is 4.98 Å². The molecule has 0 saturated carbocycles. The van der Waals surface area contributed by atoms with E-state index in [2.05, 4.69) is 29.8 Å². The molecule has 0 aliphatic heterocycles. The topological polar surface area (TPSA) is 68.5 Å². The number of aryl methyl sites for hydroxylation is 2. The van der Waals surface area contributed by atoms with Gasteiger partial charge in [-0.1, -0.05) is 6.07 Å². The molecule has 0 saturated heterocycles. The summed E-state index contributed by atoms with van der Waals surface area (Å²) >= 11 is 0. The molecule has 3 heterocycles. The van der Waals surface area contributed by atoms with Crippen molar-refractivity contribution in [1.82, 2.24) is 24.5 Å². The van der Waals surface area contributed by atoms with Crippen molar-refractivity contribution in [3.05, 3.63) is 54.9 Å². The van der Waals surface area contributed by atoms with Crippen molar-refractivity contribution in [3.63, 3.8) is 0 Å². The number of nitrogens with zero attached hydrogens (tertiary/aromatic N) is 5. The van der Waals surface area contributed by atoms with E-state index in [1.54, 1.807) is 12.4 Å². The van der Waals surface area contributed by atoms with E-state index < -0.39 is 0 Å². The predicted molar refractivity (Wildman–Crippen MR) is 85.3 cm³/mol. The number of nitrogens with one attached hydrogen (secondary N) is 1. The van der Waals surface area contributed by atoms with Gasteiger partial charge in [-0.15, -0.1) is 0 Å². The van der Waals surface area contributed by atoms with Gasteiger partial charge in [0.25, 0.3) is 0 Å². The summed E-state index contributed by atoms with van der Waals surface area (Å²) in [5, 5.41) is 3.35.